The van der Waals surface area contributed by atoms with Crippen LogP contribution in [0.15, 0.2) is 0 Å². The van der Waals surface area contributed by atoms with Crippen molar-refractivity contribution in [2.45, 2.75) is 0 Å². The maximum absolute atomic E-state index is 7.62. The quantitative estimate of drug-likeness (QED) is 0.524. The van der Waals surface area contributed by atoms with E-state index in [1.165, 1.54) is 0 Å². The van der Waals surface area contributed by atoms with Crippen molar-refractivity contribution in [3.63, 3.8) is 0 Å². The summed E-state index contributed by atoms with van der Waals surface area (Å²) in [5.41, 5.74) is 0. The van der Waals surface area contributed by atoms with Gasteiger partial charge in [-0.2, -0.15) is 0 Å². The summed E-state index contributed by atoms with van der Waals surface area (Å²) in [5.74, 6) is 0. The summed E-state index contributed by atoms with van der Waals surface area (Å²) in [6.07, 6.45) is 0. The Bertz CT molecular complexity index is 15.7. The minimum atomic E-state index is -0.125. The topological polar surface area (TPSA) is 40.5 Å². The molecule has 30 valence electrons. The van der Waals surface area contributed by atoms with Crippen molar-refractivity contribution in [3.8, 4) is 0 Å². The van der Waals surface area contributed by atoms with Crippen LogP contribution in [0.1, 0.15) is 2.85 Å². The Morgan fingerprint density at radius 3 is 1.40 bits per heavy atom. The van der Waals surface area contributed by atoms with Gasteiger partial charge in [-0.05, 0) is 0 Å². The van der Waals surface area contributed by atoms with Gasteiger partial charge in [0.15, 0.2) is 0 Å². The van der Waals surface area contributed by atoms with E-state index in [1.54, 1.807) is 0 Å². The fraction of sp³-hybridized carbons (Fsp3) is 1.00. The average Bonchev–Trinajstić information content (AvgIpc) is 1.37. The van der Waals surface area contributed by atoms with Gasteiger partial charge in [-0.15, -0.1) is 0 Å². The number of aliphatic hydroxyl groups is 2. The normalized spacial score (nSPS) is 6.00. The smallest absolute Gasteiger partial charge is 1.00 e. The Hall–Kier alpha value is 1.49. The van der Waals surface area contributed by atoms with Gasteiger partial charge in [0.1, 0.15) is 0 Å². The third-order valence-electron chi connectivity index (χ3n) is 0.1000. The molecule has 0 unspecified atom stereocenters. The second-order valence-corrected chi connectivity index (χ2v) is 0.447. The Morgan fingerprint density at radius 2 is 1.40 bits per heavy atom. The van der Waals surface area contributed by atoms with Crippen molar-refractivity contribution in [1.82, 2.24) is 0 Å². The maximum atomic E-state index is 7.62. The van der Waals surface area contributed by atoms with E-state index in [0.717, 1.165) is 0 Å². The summed E-state index contributed by atoms with van der Waals surface area (Å²) in [6.45, 7) is -0.250. The minimum absolute atomic E-state index is 0. The van der Waals surface area contributed by atoms with Crippen LogP contribution in [-0.4, -0.2) is 72.3 Å². The van der Waals surface area contributed by atoms with Gasteiger partial charge in [-0.3, -0.25) is 0 Å². The second kappa shape index (κ2) is 9.09. The standard InChI is InChI=1S/C2H6O2.Ba.2H/c3-1-2-4;;;/h3-4H,1-2H2;;;/q;+2;2*-1. The molecule has 2 nitrogen and oxygen atoms in total. The summed E-state index contributed by atoms with van der Waals surface area (Å²) in [5, 5.41) is 15.2. The van der Waals surface area contributed by atoms with Gasteiger partial charge in [-0.1, -0.05) is 0 Å². The van der Waals surface area contributed by atoms with Crippen LogP contribution in [0, 0.1) is 0 Å². The Balaban J connectivity index is -0.0000000150. The molecule has 5 heavy (non-hydrogen) atoms. The molecule has 0 aliphatic heterocycles. The first-order valence-electron chi connectivity index (χ1n) is 1.13. The zero-order chi connectivity index (χ0) is 3.41. The van der Waals surface area contributed by atoms with Gasteiger partial charge in [-0.25, -0.2) is 0 Å². The molecule has 0 aromatic heterocycles. The van der Waals surface area contributed by atoms with Crippen molar-refractivity contribution in [2.24, 2.45) is 0 Å². The second-order valence-electron chi connectivity index (χ2n) is 0.447. The van der Waals surface area contributed by atoms with Crippen molar-refractivity contribution >= 4 is 48.9 Å². The fourth-order valence-electron chi connectivity index (χ4n) is 0. The van der Waals surface area contributed by atoms with E-state index in [-0.39, 0.29) is 64.9 Å². The summed E-state index contributed by atoms with van der Waals surface area (Å²) in [4.78, 5) is 0. The first-order valence-corrected chi connectivity index (χ1v) is 1.13. The van der Waals surface area contributed by atoms with E-state index in [1.807, 2.05) is 0 Å². The van der Waals surface area contributed by atoms with E-state index in [2.05, 4.69) is 0 Å². The first-order chi connectivity index (χ1) is 1.91. The van der Waals surface area contributed by atoms with Crippen LogP contribution in [0.25, 0.3) is 0 Å². The van der Waals surface area contributed by atoms with Crippen LogP contribution in [0.5, 0.6) is 0 Å². The van der Waals surface area contributed by atoms with Crippen molar-refractivity contribution < 1.29 is 13.1 Å². The summed E-state index contributed by atoms with van der Waals surface area (Å²) in [7, 11) is 0. The average molecular weight is 201 g/mol. The SMILES string of the molecule is OCCO.[Ba+2].[H-].[H-]. The van der Waals surface area contributed by atoms with Gasteiger partial charge in [0.2, 0.25) is 0 Å². The molecule has 0 saturated carbocycles. The molecule has 2 N–H and O–H groups in total. The van der Waals surface area contributed by atoms with E-state index in [0.29, 0.717) is 0 Å². The molecule has 0 aliphatic carbocycles. The molecule has 0 heterocycles. The Labute approximate surface area is 74.2 Å². The minimum Gasteiger partial charge on any atom is -1.00 e. The van der Waals surface area contributed by atoms with Gasteiger partial charge >= 0.3 is 48.9 Å². The van der Waals surface area contributed by atoms with E-state index in [9.17, 15) is 0 Å². The zero-order valence-corrected chi connectivity index (χ0v) is 7.46. The molecule has 0 bridgehead atoms. The van der Waals surface area contributed by atoms with Gasteiger partial charge in [0.25, 0.3) is 0 Å². The molecular weight excluding hydrogens is 193 g/mol. The predicted molar refractivity (Wildman–Crippen MR) is 22.1 cm³/mol. The van der Waals surface area contributed by atoms with E-state index in [4.69, 9.17) is 10.2 Å². The molecule has 0 radical (unpaired) electrons. The first kappa shape index (κ1) is 9.70. The van der Waals surface area contributed by atoms with Crippen molar-refractivity contribution in [2.75, 3.05) is 13.2 Å². The molecule has 0 fully saturated rings. The number of rotatable bonds is 1. The number of aliphatic hydroxyl groups excluding tert-OH is 2. The molecule has 3 heteroatoms. The van der Waals surface area contributed by atoms with Crippen LogP contribution in [0.3, 0.4) is 0 Å². The summed E-state index contributed by atoms with van der Waals surface area (Å²) in [6, 6.07) is 0. The predicted octanol–water partition coefficient (Wildman–Crippen LogP) is -1.18. The van der Waals surface area contributed by atoms with E-state index < -0.39 is 0 Å². The van der Waals surface area contributed by atoms with Crippen molar-refractivity contribution in [3.05, 3.63) is 0 Å². The largest absolute Gasteiger partial charge is 2.00 e. The molecule has 0 spiro atoms. The van der Waals surface area contributed by atoms with Gasteiger partial charge < -0.3 is 13.1 Å². The zero-order valence-electron chi connectivity index (χ0n) is 5.02. The fourth-order valence-corrected chi connectivity index (χ4v) is 0. The third-order valence-corrected chi connectivity index (χ3v) is 0.1000. The molecule has 0 aliphatic rings. The van der Waals surface area contributed by atoms with Gasteiger partial charge in [0.05, 0.1) is 13.2 Å². The van der Waals surface area contributed by atoms with Crippen molar-refractivity contribution in [1.29, 1.82) is 0 Å². The third kappa shape index (κ3) is 10.8. The molecule has 0 atom stereocenters. The van der Waals surface area contributed by atoms with Crippen LogP contribution >= 0.6 is 0 Å². The molecular formula is C2H8BaO2. The molecule has 0 aromatic rings. The maximum Gasteiger partial charge on any atom is 2.00 e. The number of hydrogen-bond donors (Lipinski definition) is 2. The van der Waals surface area contributed by atoms with Crippen LogP contribution in [0.4, 0.5) is 0 Å². The van der Waals surface area contributed by atoms with Crippen LogP contribution in [-0.2, 0) is 0 Å². The summed E-state index contributed by atoms with van der Waals surface area (Å²) >= 11 is 0. The molecule has 0 saturated heterocycles. The molecule has 0 amide bonds. The van der Waals surface area contributed by atoms with Gasteiger partial charge in [0, 0.05) is 0 Å². The van der Waals surface area contributed by atoms with Crippen LogP contribution < -0.4 is 0 Å². The monoisotopic (exact) mass is 202 g/mol. The molecule has 0 rings (SSSR count). The summed E-state index contributed by atoms with van der Waals surface area (Å²) < 4.78 is 0. The number of hydrogen-bond acceptors (Lipinski definition) is 2. The Morgan fingerprint density at radius 1 is 1.20 bits per heavy atom. The van der Waals surface area contributed by atoms with Crippen LogP contribution in [0.2, 0.25) is 0 Å². The Kier molecular flexibility index (Phi) is 17.6. The van der Waals surface area contributed by atoms with E-state index >= 15 is 0 Å². The molecule has 0 aromatic carbocycles.